The van der Waals surface area contributed by atoms with Gasteiger partial charge in [-0.1, -0.05) is 26.0 Å². The minimum atomic E-state index is -0.546. The van der Waals surface area contributed by atoms with Crippen molar-refractivity contribution in [3.05, 3.63) is 12.2 Å². The number of rotatable bonds is 3. The molecule has 0 spiro atoms. The minimum Gasteiger partial charge on any atom is -0.388 e. The van der Waals surface area contributed by atoms with Gasteiger partial charge in [-0.15, -0.1) is 0 Å². The molecule has 0 amide bonds. The molecule has 0 aromatic rings. The first-order chi connectivity index (χ1) is 7.29. The summed E-state index contributed by atoms with van der Waals surface area (Å²) in [4.78, 5) is 0. The van der Waals surface area contributed by atoms with Crippen LogP contribution in [0, 0.1) is 5.41 Å². The van der Waals surface area contributed by atoms with Crippen LogP contribution >= 0.6 is 0 Å². The molecular weight excluding hydrogens is 204 g/mol. The quantitative estimate of drug-likeness (QED) is 0.754. The maximum absolute atomic E-state index is 10.1. The number of hydrogen-bond donors (Lipinski definition) is 1. The molecule has 16 heavy (non-hydrogen) atoms. The highest BCUT2D eigenvalue weighted by Crippen LogP contribution is 2.36. The van der Waals surface area contributed by atoms with Gasteiger partial charge in [-0.3, -0.25) is 0 Å². The summed E-state index contributed by atoms with van der Waals surface area (Å²) in [7, 11) is 0. The van der Waals surface area contributed by atoms with E-state index in [0.717, 1.165) is 6.42 Å². The van der Waals surface area contributed by atoms with E-state index in [1.54, 1.807) is 0 Å². The summed E-state index contributed by atoms with van der Waals surface area (Å²) in [5.74, 6) is -0.546. The summed E-state index contributed by atoms with van der Waals surface area (Å²) >= 11 is 0. The van der Waals surface area contributed by atoms with Gasteiger partial charge in [0.25, 0.3) is 0 Å². The molecule has 3 nitrogen and oxygen atoms in total. The highest BCUT2D eigenvalue weighted by atomic mass is 16.7. The second kappa shape index (κ2) is 4.86. The third kappa shape index (κ3) is 3.06. The second-order valence-electron chi connectivity index (χ2n) is 5.44. The van der Waals surface area contributed by atoms with Crippen LogP contribution in [0.2, 0.25) is 0 Å². The molecule has 1 heterocycles. The number of aliphatic hydroxyl groups is 1. The molecule has 1 aliphatic heterocycles. The van der Waals surface area contributed by atoms with Crippen molar-refractivity contribution in [1.29, 1.82) is 0 Å². The zero-order valence-electron chi connectivity index (χ0n) is 11.0. The molecule has 0 aromatic heterocycles. The van der Waals surface area contributed by atoms with E-state index in [9.17, 15) is 5.11 Å². The average Bonchev–Trinajstić information content (AvgIpc) is 2.16. The minimum absolute atomic E-state index is 0.0162. The number of allylic oxidation sites excluding steroid dienone is 1. The second-order valence-corrected chi connectivity index (χ2v) is 5.44. The number of hydrogen-bond acceptors (Lipinski definition) is 3. The predicted octanol–water partition coefficient (Wildman–Crippen LogP) is 2.49. The van der Waals surface area contributed by atoms with E-state index in [2.05, 4.69) is 0 Å². The molecule has 0 bridgehead atoms. The van der Waals surface area contributed by atoms with Crippen molar-refractivity contribution in [3.8, 4) is 0 Å². The average molecular weight is 228 g/mol. The Morgan fingerprint density at radius 3 is 2.56 bits per heavy atom. The van der Waals surface area contributed by atoms with Gasteiger partial charge in [0.15, 0.2) is 5.79 Å². The first kappa shape index (κ1) is 13.7. The largest absolute Gasteiger partial charge is 0.388 e. The molecule has 0 aromatic carbocycles. The van der Waals surface area contributed by atoms with Crippen LogP contribution in [0.1, 0.15) is 41.0 Å². The van der Waals surface area contributed by atoms with E-state index >= 15 is 0 Å². The van der Waals surface area contributed by atoms with Gasteiger partial charge in [-0.05, 0) is 27.2 Å². The highest BCUT2D eigenvalue weighted by Gasteiger charge is 2.41. The van der Waals surface area contributed by atoms with Crippen LogP contribution in [-0.2, 0) is 9.47 Å². The van der Waals surface area contributed by atoms with Gasteiger partial charge in [0, 0.05) is 5.41 Å². The Morgan fingerprint density at radius 1 is 1.44 bits per heavy atom. The molecule has 0 unspecified atom stereocenters. The summed E-state index contributed by atoms with van der Waals surface area (Å²) < 4.78 is 11.4. The van der Waals surface area contributed by atoms with E-state index in [1.807, 2.05) is 46.8 Å². The lowest BCUT2D eigenvalue weighted by molar-refractivity contribution is -0.296. The Balaban J connectivity index is 2.75. The maximum Gasteiger partial charge on any atom is 0.163 e. The Labute approximate surface area is 98.4 Å². The van der Waals surface area contributed by atoms with Crippen LogP contribution in [0.25, 0.3) is 0 Å². The van der Waals surface area contributed by atoms with E-state index < -0.39 is 11.9 Å². The third-order valence-corrected chi connectivity index (χ3v) is 3.22. The van der Waals surface area contributed by atoms with Crippen molar-refractivity contribution in [1.82, 2.24) is 0 Å². The van der Waals surface area contributed by atoms with Gasteiger partial charge in [-0.2, -0.15) is 0 Å². The van der Waals surface area contributed by atoms with E-state index in [-0.39, 0.29) is 11.5 Å². The van der Waals surface area contributed by atoms with E-state index in [0.29, 0.717) is 6.61 Å². The van der Waals surface area contributed by atoms with Gasteiger partial charge in [-0.25, -0.2) is 0 Å². The topological polar surface area (TPSA) is 38.7 Å². The zero-order valence-corrected chi connectivity index (χ0v) is 11.0. The van der Waals surface area contributed by atoms with Crippen molar-refractivity contribution >= 4 is 0 Å². The molecule has 1 rings (SSSR count). The van der Waals surface area contributed by atoms with Crippen LogP contribution < -0.4 is 0 Å². The Bertz CT molecular complexity index is 256. The molecule has 0 saturated carbocycles. The number of aliphatic hydroxyl groups excluding tert-OH is 1. The van der Waals surface area contributed by atoms with Gasteiger partial charge >= 0.3 is 0 Å². The lowest BCUT2D eigenvalue weighted by atomic mass is 9.78. The predicted molar refractivity (Wildman–Crippen MR) is 64.1 cm³/mol. The fourth-order valence-electron chi connectivity index (χ4n) is 1.99. The Morgan fingerprint density at radius 2 is 2.06 bits per heavy atom. The molecule has 0 radical (unpaired) electrons. The maximum atomic E-state index is 10.1. The van der Waals surface area contributed by atoms with Crippen molar-refractivity contribution in [2.75, 3.05) is 6.61 Å². The standard InChI is InChI=1S/C13H24O3/c1-6-7-10(14)12(2,3)11-8-9-15-13(4,5)16-11/h6-7,10-11,14H,8-9H2,1-5H3/b7-6+/t10-,11-/m0/s1. The molecule has 3 heteroatoms. The van der Waals surface area contributed by atoms with E-state index in [1.165, 1.54) is 0 Å². The molecule has 1 saturated heterocycles. The van der Waals surface area contributed by atoms with E-state index in [4.69, 9.17) is 9.47 Å². The summed E-state index contributed by atoms with van der Waals surface area (Å²) in [6, 6.07) is 0. The summed E-state index contributed by atoms with van der Waals surface area (Å²) in [6.07, 6.45) is 4.03. The summed E-state index contributed by atoms with van der Waals surface area (Å²) in [6.45, 7) is 10.5. The van der Waals surface area contributed by atoms with Crippen molar-refractivity contribution in [2.45, 2.75) is 59.0 Å². The van der Waals surface area contributed by atoms with Gasteiger partial charge in [0.1, 0.15) is 0 Å². The van der Waals surface area contributed by atoms with Crippen LogP contribution in [0.4, 0.5) is 0 Å². The lowest BCUT2D eigenvalue weighted by Gasteiger charge is -2.44. The molecular formula is C13H24O3. The summed E-state index contributed by atoms with van der Waals surface area (Å²) in [5, 5.41) is 10.1. The Hall–Kier alpha value is -0.380. The smallest absolute Gasteiger partial charge is 0.163 e. The first-order valence-electron chi connectivity index (χ1n) is 5.92. The normalized spacial score (nSPS) is 28.2. The van der Waals surface area contributed by atoms with Crippen molar-refractivity contribution < 1.29 is 14.6 Å². The molecule has 1 fully saturated rings. The van der Waals surface area contributed by atoms with Crippen molar-refractivity contribution in [2.24, 2.45) is 5.41 Å². The molecule has 1 aliphatic rings. The van der Waals surface area contributed by atoms with Crippen LogP contribution in [0.15, 0.2) is 12.2 Å². The SMILES string of the molecule is C/C=C/[C@H](O)C(C)(C)[C@@H]1CCOC(C)(C)O1. The fourth-order valence-corrected chi connectivity index (χ4v) is 1.99. The molecule has 2 atom stereocenters. The van der Waals surface area contributed by atoms with Crippen LogP contribution in [0.3, 0.4) is 0 Å². The highest BCUT2D eigenvalue weighted by molar-refractivity contribution is 4.98. The third-order valence-electron chi connectivity index (χ3n) is 3.22. The lowest BCUT2D eigenvalue weighted by Crippen LogP contribution is -2.50. The first-order valence-corrected chi connectivity index (χ1v) is 5.92. The zero-order chi connectivity index (χ0) is 12.4. The molecule has 94 valence electrons. The summed E-state index contributed by atoms with van der Waals surface area (Å²) in [5.41, 5.74) is -0.298. The Kier molecular flexibility index (Phi) is 4.16. The van der Waals surface area contributed by atoms with Gasteiger partial charge < -0.3 is 14.6 Å². The van der Waals surface area contributed by atoms with Crippen LogP contribution in [0.5, 0.6) is 0 Å². The molecule has 1 N–H and O–H groups in total. The van der Waals surface area contributed by atoms with Gasteiger partial charge in [0.2, 0.25) is 0 Å². The van der Waals surface area contributed by atoms with Gasteiger partial charge in [0.05, 0.1) is 18.8 Å². The number of ether oxygens (including phenoxy) is 2. The monoisotopic (exact) mass is 228 g/mol. The van der Waals surface area contributed by atoms with Crippen molar-refractivity contribution in [3.63, 3.8) is 0 Å². The van der Waals surface area contributed by atoms with Crippen LogP contribution in [-0.4, -0.2) is 29.7 Å². The fraction of sp³-hybridized carbons (Fsp3) is 0.846. The molecule has 0 aliphatic carbocycles.